The van der Waals surface area contributed by atoms with Gasteiger partial charge in [0.15, 0.2) is 0 Å². The Balaban J connectivity index is 1.55. The van der Waals surface area contributed by atoms with Gasteiger partial charge in [0.25, 0.3) is 5.91 Å². The van der Waals surface area contributed by atoms with Crippen LogP contribution in [0.5, 0.6) is 0 Å². The van der Waals surface area contributed by atoms with Crippen LogP contribution < -0.4 is 5.56 Å². The number of fused-ring (bicyclic) bond motifs is 2. The maximum absolute atomic E-state index is 13.9. The van der Waals surface area contributed by atoms with Gasteiger partial charge in [-0.2, -0.15) is 0 Å². The van der Waals surface area contributed by atoms with Crippen molar-refractivity contribution in [2.24, 2.45) is 5.92 Å². The largest absolute Gasteiger partial charge is 0.332 e. The van der Waals surface area contributed by atoms with Gasteiger partial charge in [-0.3, -0.25) is 14.5 Å². The van der Waals surface area contributed by atoms with Gasteiger partial charge >= 0.3 is 0 Å². The topological polar surface area (TPSA) is 56.4 Å². The van der Waals surface area contributed by atoms with E-state index in [2.05, 4.69) is 9.88 Å². The average molecular weight is 385 g/mol. The van der Waals surface area contributed by atoms with Gasteiger partial charge in [0, 0.05) is 30.6 Å². The van der Waals surface area contributed by atoms with Gasteiger partial charge in [-0.1, -0.05) is 6.07 Å². The molecule has 1 N–H and O–H groups in total. The van der Waals surface area contributed by atoms with Crippen LogP contribution in [-0.4, -0.2) is 52.4 Å². The van der Waals surface area contributed by atoms with E-state index in [0.717, 1.165) is 32.0 Å². The van der Waals surface area contributed by atoms with Crippen LogP contribution in [0.25, 0.3) is 0 Å². The number of aromatic amines is 1. The number of likely N-dealkylation sites (tertiary alicyclic amines) is 1. The number of nitrogens with zero attached hydrogens (tertiary/aromatic N) is 2. The zero-order valence-corrected chi connectivity index (χ0v) is 15.3. The Labute approximate surface area is 161 Å². The number of aromatic nitrogens is 1. The van der Waals surface area contributed by atoms with Gasteiger partial charge in [0.1, 0.15) is 17.3 Å². The maximum atomic E-state index is 13.9. The number of H-pyrrole nitrogens is 1. The molecule has 4 saturated heterocycles. The highest BCUT2D eigenvalue weighted by Crippen LogP contribution is 2.47. The fourth-order valence-corrected chi connectivity index (χ4v) is 5.46. The minimum Gasteiger partial charge on any atom is -0.332 e. The molecule has 3 atom stereocenters. The molecule has 1 aromatic carbocycles. The van der Waals surface area contributed by atoms with Crippen molar-refractivity contribution >= 4 is 5.91 Å². The van der Waals surface area contributed by atoms with Gasteiger partial charge in [-0.05, 0) is 55.6 Å². The number of benzene rings is 1. The van der Waals surface area contributed by atoms with Crippen LogP contribution in [0.15, 0.2) is 41.2 Å². The Morgan fingerprint density at radius 3 is 2.43 bits per heavy atom. The van der Waals surface area contributed by atoms with E-state index in [9.17, 15) is 18.4 Å². The highest BCUT2D eigenvalue weighted by molar-refractivity contribution is 5.93. The lowest BCUT2D eigenvalue weighted by Gasteiger charge is -2.51. The molecule has 4 fully saturated rings. The van der Waals surface area contributed by atoms with Crippen molar-refractivity contribution in [3.63, 3.8) is 0 Å². The molecule has 0 saturated carbocycles. The minimum absolute atomic E-state index is 0.00460. The van der Waals surface area contributed by atoms with Crippen molar-refractivity contribution in [2.75, 3.05) is 19.6 Å². The molecular weight excluding hydrogens is 364 g/mol. The summed E-state index contributed by atoms with van der Waals surface area (Å²) in [6.07, 6.45) is 2.03. The van der Waals surface area contributed by atoms with Crippen LogP contribution in [0.2, 0.25) is 0 Å². The molecule has 5 heterocycles. The molecule has 6 rings (SSSR count). The smallest absolute Gasteiger partial charge is 0.270 e. The number of amides is 1. The summed E-state index contributed by atoms with van der Waals surface area (Å²) in [6.45, 7) is 2.29. The number of pyridine rings is 1. The second kappa shape index (κ2) is 6.51. The van der Waals surface area contributed by atoms with Crippen LogP contribution in [0.4, 0.5) is 8.78 Å². The Bertz CT molecular complexity index is 963. The summed E-state index contributed by atoms with van der Waals surface area (Å²) in [7, 11) is 0. The third-order valence-electron chi connectivity index (χ3n) is 6.57. The summed E-state index contributed by atoms with van der Waals surface area (Å²) in [5, 5.41) is 0. The first-order chi connectivity index (χ1) is 13.5. The summed E-state index contributed by atoms with van der Waals surface area (Å²) in [6, 6.07) is 8.23. The normalized spacial score (nSPS) is 31.1. The first-order valence-electron chi connectivity index (χ1n) is 9.71. The van der Waals surface area contributed by atoms with Crippen LogP contribution in [0.1, 0.15) is 34.8 Å². The van der Waals surface area contributed by atoms with Gasteiger partial charge < -0.3 is 9.88 Å². The molecule has 28 heavy (non-hydrogen) atoms. The second-order valence-corrected chi connectivity index (χ2v) is 8.05. The van der Waals surface area contributed by atoms with E-state index < -0.39 is 11.6 Å². The monoisotopic (exact) mass is 385 g/mol. The minimum atomic E-state index is -0.598. The summed E-state index contributed by atoms with van der Waals surface area (Å²) in [5.74, 6) is -1.20. The van der Waals surface area contributed by atoms with Gasteiger partial charge in [0.2, 0.25) is 5.56 Å². The van der Waals surface area contributed by atoms with Gasteiger partial charge in [-0.25, -0.2) is 8.78 Å². The number of carbonyl (C=O) groups is 1. The molecule has 146 valence electrons. The fraction of sp³-hybridized carbons (Fsp3) is 0.429. The molecule has 0 radical (unpaired) electrons. The summed E-state index contributed by atoms with van der Waals surface area (Å²) >= 11 is 0. The van der Waals surface area contributed by atoms with Gasteiger partial charge in [0.05, 0.1) is 6.04 Å². The number of piperidine rings is 3. The Kier molecular flexibility index (Phi) is 4.08. The van der Waals surface area contributed by atoms with Crippen molar-refractivity contribution in [1.82, 2.24) is 14.8 Å². The second-order valence-electron chi connectivity index (χ2n) is 8.05. The van der Waals surface area contributed by atoms with E-state index in [1.807, 2.05) is 4.90 Å². The molecule has 7 heteroatoms. The summed E-state index contributed by atoms with van der Waals surface area (Å²) in [4.78, 5) is 31.7. The molecule has 1 amide bonds. The van der Waals surface area contributed by atoms with Crippen LogP contribution >= 0.6 is 0 Å². The van der Waals surface area contributed by atoms with Crippen molar-refractivity contribution in [2.45, 2.75) is 30.8 Å². The Morgan fingerprint density at radius 1 is 1.04 bits per heavy atom. The maximum Gasteiger partial charge on any atom is 0.270 e. The number of hydrogen-bond donors (Lipinski definition) is 1. The lowest BCUT2D eigenvalue weighted by atomic mass is 9.75. The first kappa shape index (κ1) is 17.6. The molecule has 4 aliphatic rings. The Hall–Kier alpha value is -2.54. The molecule has 1 aromatic heterocycles. The quantitative estimate of drug-likeness (QED) is 0.864. The van der Waals surface area contributed by atoms with E-state index in [1.165, 1.54) is 18.2 Å². The zero-order valence-electron chi connectivity index (χ0n) is 15.3. The predicted molar refractivity (Wildman–Crippen MR) is 99.1 cm³/mol. The van der Waals surface area contributed by atoms with E-state index in [0.29, 0.717) is 18.0 Å². The lowest BCUT2D eigenvalue weighted by molar-refractivity contribution is -0.00361. The summed E-state index contributed by atoms with van der Waals surface area (Å²) < 4.78 is 27.8. The predicted octanol–water partition coefficient (Wildman–Crippen LogP) is 2.36. The zero-order chi connectivity index (χ0) is 19.4. The summed E-state index contributed by atoms with van der Waals surface area (Å²) in [5.41, 5.74) is 0.532. The van der Waals surface area contributed by atoms with E-state index in [1.54, 1.807) is 12.1 Å². The van der Waals surface area contributed by atoms with Crippen LogP contribution in [-0.2, 0) is 0 Å². The molecule has 4 aliphatic heterocycles. The van der Waals surface area contributed by atoms with Gasteiger partial charge in [-0.15, -0.1) is 0 Å². The van der Waals surface area contributed by atoms with E-state index in [-0.39, 0.29) is 35.2 Å². The highest BCUT2D eigenvalue weighted by Gasteiger charge is 2.54. The lowest BCUT2D eigenvalue weighted by Crippen LogP contribution is -2.60. The third kappa shape index (κ3) is 2.76. The van der Waals surface area contributed by atoms with Crippen molar-refractivity contribution < 1.29 is 13.6 Å². The molecular formula is C21H21F2N3O2. The third-order valence-corrected chi connectivity index (χ3v) is 6.57. The highest BCUT2D eigenvalue weighted by atomic mass is 19.1. The number of rotatable bonds is 2. The van der Waals surface area contributed by atoms with E-state index >= 15 is 0 Å². The van der Waals surface area contributed by atoms with Crippen LogP contribution in [0.3, 0.4) is 0 Å². The first-order valence-corrected chi connectivity index (χ1v) is 9.71. The van der Waals surface area contributed by atoms with Crippen molar-refractivity contribution in [1.29, 1.82) is 0 Å². The molecule has 0 spiro atoms. The van der Waals surface area contributed by atoms with E-state index in [4.69, 9.17) is 0 Å². The fourth-order valence-electron chi connectivity index (χ4n) is 5.46. The molecule has 2 aromatic rings. The molecule has 2 bridgehead atoms. The average Bonchev–Trinajstić information content (AvgIpc) is 3.10. The Morgan fingerprint density at radius 2 is 1.75 bits per heavy atom. The number of hydrogen-bond acceptors (Lipinski definition) is 3. The SMILES string of the molecule is O=C(c1cccc(=O)[nH]1)N1C[C@H](c2cc(F)cc(F)c2)[C@@H]2[C@H]1C1CCN2CC1. The molecule has 0 aliphatic carbocycles. The molecule has 0 unspecified atom stereocenters. The molecule has 5 nitrogen and oxygen atoms in total. The number of halogens is 2. The number of carbonyl (C=O) groups excluding carboxylic acids is 1. The number of nitrogens with one attached hydrogen (secondary N) is 1. The van der Waals surface area contributed by atoms with Crippen molar-refractivity contribution in [3.8, 4) is 0 Å². The van der Waals surface area contributed by atoms with Crippen molar-refractivity contribution in [3.05, 3.63) is 69.6 Å². The standard InChI is InChI=1S/C21H21F2N3O2/c22-14-8-13(9-15(23)10-14)16-11-26(21(28)17-2-1-3-18(27)24-17)19-12-4-6-25(7-5-12)20(16)19/h1-3,8-10,12,16,19-20H,4-7,11H2,(H,24,27)/t16-,19-,20-/m1/s1. The van der Waals surface area contributed by atoms with Crippen LogP contribution in [0, 0.1) is 17.6 Å².